The maximum absolute atomic E-state index is 12.4. The van der Waals surface area contributed by atoms with Crippen LogP contribution in [0.25, 0.3) is 0 Å². The Bertz CT molecular complexity index is 664. The maximum Gasteiger partial charge on any atom is 0.276 e. The summed E-state index contributed by atoms with van der Waals surface area (Å²) in [5.41, 5.74) is 2.76. The van der Waals surface area contributed by atoms with Crippen molar-refractivity contribution < 1.29 is 4.79 Å². The van der Waals surface area contributed by atoms with E-state index in [2.05, 4.69) is 11.2 Å². The average molecular weight is 268 g/mol. The number of carbonyl (C=O) groups is 1. The van der Waals surface area contributed by atoms with Crippen LogP contribution < -0.4 is 4.90 Å². The van der Waals surface area contributed by atoms with Gasteiger partial charge in [-0.05, 0) is 36.8 Å². The Labute approximate surface area is 118 Å². The summed E-state index contributed by atoms with van der Waals surface area (Å²) in [7, 11) is 3.47. The number of carbonyl (C=O) groups excluding carboxylic acids is 1. The topological polar surface area (TPSA) is 61.9 Å². The Morgan fingerprint density at radius 2 is 2.05 bits per heavy atom. The summed E-state index contributed by atoms with van der Waals surface area (Å²) < 4.78 is 1.60. The predicted octanol–water partition coefficient (Wildman–Crippen LogP) is 2.13. The zero-order valence-electron chi connectivity index (χ0n) is 11.8. The zero-order chi connectivity index (χ0) is 14.7. The van der Waals surface area contributed by atoms with E-state index in [1.54, 1.807) is 47.9 Å². The van der Waals surface area contributed by atoms with Crippen molar-refractivity contribution in [2.24, 2.45) is 7.05 Å². The lowest BCUT2D eigenvalue weighted by atomic mass is 10.2. The van der Waals surface area contributed by atoms with E-state index in [4.69, 9.17) is 5.26 Å². The van der Waals surface area contributed by atoms with Gasteiger partial charge < -0.3 is 4.90 Å². The van der Waals surface area contributed by atoms with Crippen molar-refractivity contribution in [1.29, 1.82) is 5.26 Å². The molecule has 2 aromatic rings. The van der Waals surface area contributed by atoms with Crippen molar-refractivity contribution >= 4 is 11.6 Å². The van der Waals surface area contributed by atoms with E-state index in [-0.39, 0.29) is 5.91 Å². The van der Waals surface area contributed by atoms with Crippen molar-refractivity contribution in [2.45, 2.75) is 13.3 Å². The molecule has 1 heterocycles. The molecule has 0 aliphatic carbocycles. The molecule has 2 rings (SSSR count). The molecule has 0 aliphatic heterocycles. The van der Waals surface area contributed by atoms with Crippen molar-refractivity contribution in [2.75, 3.05) is 11.9 Å². The van der Waals surface area contributed by atoms with Crippen molar-refractivity contribution in [3.05, 3.63) is 47.3 Å². The molecular formula is C15H16N4O. The van der Waals surface area contributed by atoms with Gasteiger partial charge in [0.15, 0.2) is 0 Å². The van der Waals surface area contributed by atoms with Gasteiger partial charge in [0.2, 0.25) is 0 Å². The first kappa shape index (κ1) is 13.8. The van der Waals surface area contributed by atoms with Crippen LogP contribution in [-0.2, 0) is 13.5 Å². The fourth-order valence-electron chi connectivity index (χ4n) is 1.95. The molecule has 0 atom stereocenters. The zero-order valence-corrected chi connectivity index (χ0v) is 11.8. The second-order valence-corrected chi connectivity index (χ2v) is 4.52. The number of amides is 1. The highest BCUT2D eigenvalue weighted by Crippen LogP contribution is 2.16. The standard InChI is InChI=1S/C15H16N4O/c1-4-12-9-14(19(3)17-12)15(20)18(2)13-7-5-11(10-16)6-8-13/h5-9H,4H2,1-3H3. The number of hydrogen-bond donors (Lipinski definition) is 0. The van der Waals surface area contributed by atoms with Gasteiger partial charge in [-0.1, -0.05) is 6.92 Å². The van der Waals surface area contributed by atoms with Crippen molar-refractivity contribution in [1.82, 2.24) is 9.78 Å². The summed E-state index contributed by atoms with van der Waals surface area (Å²) in [5, 5.41) is 13.1. The van der Waals surface area contributed by atoms with Crippen molar-refractivity contribution in [3.8, 4) is 6.07 Å². The van der Waals surface area contributed by atoms with E-state index in [1.165, 1.54) is 0 Å². The van der Waals surface area contributed by atoms with Crippen LogP contribution in [0.15, 0.2) is 30.3 Å². The van der Waals surface area contributed by atoms with Crippen LogP contribution >= 0.6 is 0 Å². The predicted molar refractivity (Wildman–Crippen MR) is 76.5 cm³/mol. The first-order valence-corrected chi connectivity index (χ1v) is 6.38. The third kappa shape index (κ3) is 2.54. The van der Waals surface area contributed by atoms with E-state index in [0.717, 1.165) is 17.8 Å². The lowest BCUT2D eigenvalue weighted by molar-refractivity contribution is 0.0984. The van der Waals surface area contributed by atoms with Crippen LogP contribution in [0.5, 0.6) is 0 Å². The fourth-order valence-corrected chi connectivity index (χ4v) is 1.95. The summed E-state index contributed by atoms with van der Waals surface area (Å²) >= 11 is 0. The van der Waals surface area contributed by atoms with Crippen LogP contribution in [0.2, 0.25) is 0 Å². The molecule has 1 amide bonds. The van der Waals surface area contributed by atoms with Gasteiger partial charge >= 0.3 is 0 Å². The Morgan fingerprint density at radius 3 is 2.55 bits per heavy atom. The molecule has 20 heavy (non-hydrogen) atoms. The molecule has 0 unspecified atom stereocenters. The van der Waals surface area contributed by atoms with Gasteiger partial charge in [-0.3, -0.25) is 9.48 Å². The normalized spacial score (nSPS) is 10.1. The highest BCUT2D eigenvalue weighted by Gasteiger charge is 2.18. The van der Waals surface area contributed by atoms with Gasteiger partial charge in [-0.2, -0.15) is 10.4 Å². The minimum Gasteiger partial charge on any atom is -0.310 e. The molecule has 0 fully saturated rings. The smallest absolute Gasteiger partial charge is 0.276 e. The maximum atomic E-state index is 12.4. The molecule has 0 radical (unpaired) electrons. The van der Waals surface area contributed by atoms with Crippen LogP contribution in [-0.4, -0.2) is 22.7 Å². The summed E-state index contributed by atoms with van der Waals surface area (Å²) in [6, 6.07) is 10.8. The molecule has 0 N–H and O–H groups in total. The number of aromatic nitrogens is 2. The Hall–Kier alpha value is -2.61. The number of benzene rings is 1. The van der Waals surface area contributed by atoms with Gasteiger partial charge in [0.1, 0.15) is 5.69 Å². The van der Waals surface area contributed by atoms with E-state index in [0.29, 0.717) is 11.3 Å². The Morgan fingerprint density at radius 1 is 1.40 bits per heavy atom. The second kappa shape index (κ2) is 5.57. The highest BCUT2D eigenvalue weighted by atomic mass is 16.2. The van der Waals surface area contributed by atoms with Gasteiger partial charge in [0.25, 0.3) is 5.91 Å². The highest BCUT2D eigenvalue weighted by molar-refractivity contribution is 6.04. The molecule has 0 bridgehead atoms. The SMILES string of the molecule is CCc1cc(C(=O)N(C)c2ccc(C#N)cc2)n(C)n1. The largest absolute Gasteiger partial charge is 0.310 e. The van der Waals surface area contributed by atoms with Crippen LogP contribution in [0, 0.1) is 11.3 Å². The number of hydrogen-bond acceptors (Lipinski definition) is 3. The van der Waals surface area contributed by atoms with E-state index in [1.807, 2.05) is 13.0 Å². The molecule has 1 aromatic carbocycles. The lowest BCUT2D eigenvalue weighted by Gasteiger charge is -2.17. The van der Waals surface area contributed by atoms with E-state index < -0.39 is 0 Å². The van der Waals surface area contributed by atoms with Crippen LogP contribution in [0.1, 0.15) is 28.7 Å². The van der Waals surface area contributed by atoms with Gasteiger partial charge in [0.05, 0.1) is 17.3 Å². The first-order valence-electron chi connectivity index (χ1n) is 6.38. The van der Waals surface area contributed by atoms with E-state index >= 15 is 0 Å². The lowest BCUT2D eigenvalue weighted by Crippen LogP contribution is -2.28. The number of aryl methyl sites for hydroxylation is 2. The molecule has 0 saturated heterocycles. The Balaban J connectivity index is 2.27. The number of nitriles is 1. The molecular weight excluding hydrogens is 252 g/mol. The van der Waals surface area contributed by atoms with E-state index in [9.17, 15) is 4.79 Å². The van der Waals surface area contributed by atoms with Crippen LogP contribution in [0.3, 0.4) is 0 Å². The molecule has 0 aliphatic rings. The summed E-state index contributed by atoms with van der Waals surface area (Å²) in [5.74, 6) is -0.121. The minimum absolute atomic E-state index is 0.121. The third-order valence-electron chi connectivity index (χ3n) is 3.20. The molecule has 0 saturated carbocycles. The Kier molecular flexibility index (Phi) is 3.85. The number of rotatable bonds is 3. The molecule has 0 spiro atoms. The molecule has 1 aromatic heterocycles. The quantitative estimate of drug-likeness (QED) is 0.856. The second-order valence-electron chi connectivity index (χ2n) is 4.52. The summed E-state index contributed by atoms with van der Waals surface area (Å²) in [4.78, 5) is 14.0. The van der Waals surface area contributed by atoms with Crippen molar-refractivity contribution in [3.63, 3.8) is 0 Å². The fraction of sp³-hybridized carbons (Fsp3) is 0.267. The van der Waals surface area contributed by atoms with Gasteiger partial charge in [0, 0.05) is 19.8 Å². The third-order valence-corrected chi connectivity index (χ3v) is 3.20. The average Bonchev–Trinajstić information content (AvgIpc) is 2.87. The van der Waals surface area contributed by atoms with Gasteiger partial charge in [-0.15, -0.1) is 0 Å². The molecule has 5 heteroatoms. The summed E-state index contributed by atoms with van der Waals surface area (Å²) in [6.45, 7) is 2.00. The number of anilines is 1. The number of nitrogens with zero attached hydrogens (tertiary/aromatic N) is 4. The van der Waals surface area contributed by atoms with Gasteiger partial charge in [-0.25, -0.2) is 0 Å². The molecule has 5 nitrogen and oxygen atoms in total. The minimum atomic E-state index is -0.121. The van der Waals surface area contributed by atoms with Crippen LogP contribution in [0.4, 0.5) is 5.69 Å². The monoisotopic (exact) mass is 268 g/mol. The summed E-state index contributed by atoms with van der Waals surface area (Å²) in [6.07, 6.45) is 0.793. The molecule has 102 valence electrons. The first-order chi connectivity index (χ1) is 9.56.